The third-order valence-electron chi connectivity index (χ3n) is 13.6. The van der Waals surface area contributed by atoms with Crippen molar-refractivity contribution in [2.75, 3.05) is 50.7 Å². The molecule has 15 N–H and O–H groups in total. The van der Waals surface area contributed by atoms with Crippen LogP contribution in [0, 0.1) is 11.8 Å². The third-order valence-corrected chi connectivity index (χ3v) is 20.8. The van der Waals surface area contributed by atoms with E-state index < -0.39 is 151 Å². The molecule has 45 heteroatoms. The minimum atomic E-state index is -6.22. The van der Waals surface area contributed by atoms with Crippen molar-refractivity contribution < 1.29 is 107 Å². The number of nitrogens with zero attached hydrogens (tertiary/aromatic N) is 10. The van der Waals surface area contributed by atoms with Gasteiger partial charge in [-0.2, -0.15) is 13.6 Å². The maximum Gasteiger partial charge on any atom is 0.490 e. The number of anilines is 3. The first kappa shape index (κ1) is 60.0. The number of nitrogen functional groups attached to an aromatic ring is 3. The molecule has 82 heavy (non-hydrogen) atoms. The number of ether oxygens (including phenoxy) is 4. The Hall–Kier alpha value is -5.16. The normalized spacial score (nSPS) is 30.0. The molecule has 6 aromatic heterocycles. The minimum absolute atomic E-state index is 0.00840. The van der Waals surface area contributed by atoms with E-state index in [0.29, 0.717) is 12.8 Å². The van der Waals surface area contributed by atoms with Crippen molar-refractivity contribution in [3.8, 4) is 0 Å². The summed E-state index contributed by atoms with van der Waals surface area (Å²) >= 11 is 0. The summed E-state index contributed by atoms with van der Waals surface area (Å²) in [5.74, 6) is -2.21. The average molecular weight is 1260 g/mol. The number of aliphatic hydroxyl groups is 2. The first-order chi connectivity index (χ1) is 38.5. The highest BCUT2D eigenvalue weighted by atomic mass is 32.2. The molecule has 4 unspecified atom stereocenters. The number of fused-ring (bicyclic) bond motifs is 3. The fraction of sp³-hybridized carbons (Fsp3) is 0.595. The molecule has 1 aliphatic carbocycles. The first-order valence-electron chi connectivity index (χ1n) is 24.1. The zero-order chi connectivity index (χ0) is 59.2. The van der Waals surface area contributed by atoms with Crippen LogP contribution in [0.5, 0.6) is 0 Å². The van der Waals surface area contributed by atoms with E-state index in [1.54, 1.807) is 6.92 Å². The van der Waals surface area contributed by atoms with E-state index in [1.807, 2.05) is 0 Å². The molecule has 4 aliphatic rings. The lowest BCUT2D eigenvalue weighted by atomic mass is 9.91. The summed E-state index contributed by atoms with van der Waals surface area (Å²) < 4.78 is 140. The zero-order valence-electron chi connectivity index (χ0n) is 42.5. The Labute approximate surface area is 458 Å². The lowest BCUT2D eigenvalue weighted by Crippen LogP contribution is -2.43. The maximum atomic E-state index is 13.8. The molecule has 9 heterocycles. The number of phosphoric ester groups is 3. The SMILES string of the molecule is CO[C@@H]1[C@H](OP(=O)(O)OC[C@H]2O[C@@H](n3cnc4c(=O)[nH]c(N)nc43)[C@H](O)[C@@H]2O)[C@@H](COP(=O)(O)OP(=O)(O)OP(=O)(O)OC[C@H]2O[C@@H]([n+]3cn(C)c4c(=O)[nH]c(N)nc43)[C@H](C)[C@@H]2CNS(=O)(=O)C2CC2)O[C@H]1n1cnc2c(N)ncnc21. The van der Waals surface area contributed by atoms with Crippen molar-refractivity contribution in [2.45, 2.75) is 86.4 Å². The van der Waals surface area contributed by atoms with Gasteiger partial charge in [-0.1, -0.05) is 11.9 Å². The van der Waals surface area contributed by atoms with Gasteiger partial charge in [-0.05, 0) is 12.8 Å². The Kier molecular flexibility index (Phi) is 16.4. The van der Waals surface area contributed by atoms with Crippen molar-refractivity contribution in [1.82, 2.24) is 58.3 Å². The quantitative estimate of drug-likeness (QED) is 0.0223. The number of hydrogen-bond acceptors (Lipinski definition) is 29. The third kappa shape index (κ3) is 12.2. The van der Waals surface area contributed by atoms with E-state index in [0.717, 1.165) is 30.7 Å². The van der Waals surface area contributed by atoms with Crippen molar-refractivity contribution in [1.29, 1.82) is 0 Å². The molecular weight excluding hydrogens is 1210 g/mol. The molecule has 0 aromatic carbocycles. The molecule has 0 amide bonds. The molecule has 6 aromatic rings. The molecule has 0 radical (unpaired) electrons. The molecule has 1 saturated carbocycles. The predicted octanol–water partition coefficient (Wildman–Crippen LogP) is -3.10. The second-order valence-electron chi connectivity index (χ2n) is 19.1. The number of phosphoric acid groups is 4. The highest BCUT2D eigenvalue weighted by molar-refractivity contribution is 7.90. The topological polar surface area (TPSA) is 568 Å². The van der Waals surface area contributed by atoms with Crippen molar-refractivity contribution >= 4 is 92.5 Å². The molecule has 16 atom stereocenters. The highest BCUT2D eigenvalue weighted by Gasteiger charge is 2.54. The number of imidazole rings is 3. The molecule has 3 aliphatic heterocycles. The Morgan fingerprint density at radius 1 is 0.756 bits per heavy atom. The van der Waals surface area contributed by atoms with E-state index in [4.69, 9.17) is 54.2 Å². The molecule has 0 spiro atoms. The molecule has 40 nitrogen and oxygen atoms in total. The van der Waals surface area contributed by atoms with Crippen molar-refractivity contribution in [3.05, 3.63) is 46.0 Å². The van der Waals surface area contributed by atoms with Gasteiger partial charge in [0.1, 0.15) is 48.5 Å². The van der Waals surface area contributed by atoms with E-state index in [1.165, 1.54) is 27.1 Å². The molecular formula is C37H53N16O24P4S+. The Balaban J connectivity index is 0.817. The summed E-state index contributed by atoms with van der Waals surface area (Å²) in [6.45, 7) is -1.87. The van der Waals surface area contributed by atoms with E-state index in [-0.39, 0.29) is 57.8 Å². The molecule has 450 valence electrons. The second-order valence-corrected chi connectivity index (χ2v) is 27.2. The highest BCUT2D eigenvalue weighted by Crippen LogP contribution is 2.68. The van der Waals surface area contributed by atoms with E-state index >= 15 is 0 Å². The summed E-state index contributed by atoms with van der Waals surface area (Å²) in [5, 5.41) is 21.2. The lowest BCUT2D eigenvalue weighted by molar-refractivity contribution is -0.745. The molecule has 10 rings (SSSR count). The number of hydrogen-bond donors (Lipinski definition) is 12. The number of nitrogens with one attached hydrogen (secondary N) is 3. The number of rotatable bonds is 23. The van der Waals surface area contributed by atoms with Gasteiger partial charge in [0.15, 0.2) is 47.6 Å². The summed E-state index contributed by atoms with van der Waals surface area (Å²) in [5.41, 5.74) is 15.9. The van der Waals surface area contributed by atoms with Crippen LogP contribution in [-0.2, 0) is 81.0 Å². The summed E-state index contributed by atoms with van der Waals surface area (Å²) in [7, 11) is -24.7. The van der Waals surface area contributed by atoms with Crippen LogP contribution in [0.2, 0.25) is 0 Å². The number of H-pyrrole nitrogens is 2. The van der Waals surface area contributed by atoms with Gasteiger partial charge in [-0.3, -0.25) is 51.4 Å². The predicted molar refractivity (Wildman–Crippen MR) is 270 cm³/mol. The van der Waals surface area contributed by atoms with Gasteiger partial charge in [0, 0.05) is 25.5 Å². The van der Waals surface area contributed by atoms with E-state index in [9.17, 15) is 66.1 Å². The van der Waals surface area contributed by atoms with Crippen molar-refractivity contribution in [2.24, 2.45) is 18.9 Å². The summed E-state index contributed by atoms with van der Waals surface area (Å²) in [6.07, 6.45) is -10.3. The van der Waals surface area contributed by atoms with Gasteiger partial charge in [-0.15, -0.1) is 0 Å². The van der Waals surface area contributed by atoms with Gasteiger partial charge in [0.2, 0.25) is 21.5 Å². The van der Waals surface area contributed by atoms with Gasteiger partial charge in [0.05, 0.1) is 50.9 Å². The molecule has 3 saturated heterocycles. The monoisotopic (exact) mass is 1260 g/mol. The number of aromatic nitrogens is 12. The maximum absolute atomic E-state index is 13.8. The Bertz CT molecular complexity index is 3860. The molecule has 0 bridgehead atoms. The molecule has 4 fully saturated rings. The average Bonchev–Trinajstić information content (AvgIpc) is 3.72. The summed E-state index contributed by atoms with van der Waals surface area (Å²) in [4.78, 5) is 97.2. The smallest absolute Gasteiger partial charge is 0.387 e. The van der Waals surface area contributed by atoms with Gasteiger partial charge < -0.3 is 65.9 Å². The fourth-order valence-corrected chi connectivity index (χ4v) is 15.6. The number of aryl methyl sites for hydroxylation is 1. The van der Waals surface area contributed by atoms with Crippen LogP contribution < -0.4 is 37.6 Å². The van der Waals surface area contributed by atoms with Crippen LogP contribution in [0.25, 0.3) is 33.5 Å². The Morgan fingerprint density at radius 3 is 2.02 bits per heavy atom. The van der Waals surface area contributed by atoms with Crippen molar-refractivity contribution in [3.63, 3.8) is 0 Å². The van der Waals surface area contributed by atoms with Crippen LogP contribution >= 0.6 is 31.3 Å². The largest absolute Gasteiger partial charge is 0.490 e. The number of methoxy groups -OCH3 is 1. The number of aromatic amines is 2. The number of aliphatic hydroxyl groups excluding tert-OH is 2. The zero-order valence-corrected chi connectivity index (χ0v) is 46.9. The van der Waals surface area contributed by atoms with Gasteiger partial charge in [-0.25, -0.2) is 55.9 Å². The summed E-state index contributed by atoms with van der Waals surface area (Å²) in [6, 6.07) is 0. The standard InChI is InChI=1S/C37H52N16O24P4S/c1-14-16(6-45-82(66,67)15-4-5-15)17(72-33(14)53-13-50(2)22-30(53)47-37(40)49-32(22)57)7-70-79(60,61)76-81(64,65)77-80(62,63)71-9-19-25(26(68-3)35(74-19)51-11-43-20-27(38)41-10-42-28(20)51)75-78(58,59)69-8-18-23(54)24(55)34(73-18)52-12-44-21-29(52)46-36(39)48-31(21)56/h10-19,23-26,33-35,45,54-55H,4-9H2,1-3H3,(H11-,38,39,40,41,42,46,47,48,49,56,57,58,59,60,61,62,63,64,65)/p+1/t14-,16+,17-,18-,19-,23-,24-,25-,26-,33-,34-,35-/m1/s1. The van der Waals surface area contributed by atoms with Crippen LogP contribution in [0.1, 0.15) is 38.4 Å². The lowest BCUT2D eigenvalue weighted by Gasteiger charge is -2.26. The van der Waals surface area contributed by atoms with Crippen LogP contribution in [0.4, 0.5) is 17.7 Å². The van der Waals surface area contributed by atoms with Crippen LogP contribution in [0.3, 0.4) is 0 Å². The van der Waals surface area contributed by atoms with E-state index in [2.05, 4.69) is 53.2 Å². The van der Waals surface area contributed by atoms with Crippen LogP contribution in [-0.4, -0.2) is 173 Å². The number of sulfonamides is 1. The van der Waals surface area contributed by atoms with Gasteiger partial charge >= 0.3 is 36.9 Å². The fourth-order valence-electron chi connectivity index (χ4n) is 9.65. The minimum Gasteiger partial charge on any atom is -0.387 e. The number of nitrogens with two attached hydrogens (primary N) is 3. The second kappa shape index (κ2) is 22.4. The van der Waals surface area contributed by atoms with Crippen LogP contribution in [0.15, 0.2) is 34.9 Å². The van der Waals surface area contributed by atoms with Gasteiger partial charge in [0.25, 0.3) is 17.1 Å². The Morgan fingerprint density at radius 2 is 1.35 bits per heavy atom. The first-order valence-corrected chi connectivity index (χ1v) is 31.6.